The minimum absolute atomic E-state index is 0.0110. The highest BCUT2D eigenvalue weighted by molar-refractivity contribution is 6.40. The molecule has 0 fully saturated rings. The molecule has 0 spiro atoms. The van der Waals surface area contributed by atoms with Gasteiger partial charge >= 0.3 is 5.97 Å². The molecule has 53 heavy (non-hydrogen) atoms. The van der Waals surface area contributed by atoms with E-state index in [0.717, 1.165) is 0 Å². The molecule has 298 valence electrons. The molecular weight excluding hydrogens is 702 g/mol. The van der Waals surface area contributed by atoms with Gasteiger partial charge in [-0.15, -0.1) is 0 Å². The third kappa shape index (κ3) is 25.9. The fraction of sp³-hybridized carbons (Fsp3) is 0.611. The first-order chi connectivity index (χ1) is 26.1. The number of ketones is 1. The number of ether oxygens (including phenoxy) is 12. The molecule has 0 bridgehead atoms. The van der Waals surface area contributed by atoms with Crippen molar-refractivity contribution in [2.75, 3.05) is 145 Å². The number of Topliss-reactive ketones (excluding diaryl/α,β-unsaturated/α-hetero) is 1. The van der Waals surface area contributed by atoms with E-state index in [1.807, 2.05) is 0 Å². The SMILES string of the molecule is O=C(OCCOCCOCCOCCOCCOCCOCCOCCOCCOCCOCCOc1ccc([N+](=O)[O-])cc1)C(=O)c1ccccc1. The number of hydrogen-bond donors (Lipinski definition) is 0. The molecule has 2 rings (SSSR count). The molecule has 0 radical (unpaired) electrons. The van der Waals surface area contributed by atoms with Gasteiger partial charge in [-0.25, -0.2) is 4.79 Å². The molecular formula is C36H53NO16. The molecule has 0 saturated carbocycles. The Kier molecular flexibility index (Phi) is 28.3. The van der Waals surface area contributed by atoms with E-state index >= 15 is 0 Å². The van der Waals surface area contributed by atoms with Crippen LogP contribution < -0.4 is 4.74 Å². The Labute approximate surface area is 310 Å². The van der Waals surface area contributed by atoms with Crippen LogP contribution in [0.3, 0.4) is 0 Å². The lowest BCUT2D eigenvalue weighted by Crippen LogP contribution is -2.20. The Morgan fingerprint density at radius 3 is 1.09 bits per heavy atom. The summed E-state index contributed by atoms with van der Waals surface area (Å²) in [4.78, 5) is 33.8. The first kappa shape index (κ1) is 45.5. The predicted molar refractivity (Wildman–Crippen MR) is 189 cm³/mol. The summed E-state index contributed by atoms with van der Waals surface area (Å²) >= 11 is 0. The molecule has 2 aromatic carbocycles. The van der Waals surface area contributed by atoms with Crippen molar-refractivity contribution in [3.05, 3.63) is 70.3 Å². The molecule has 0 aliphatic carbocycles. The van der Waals surface area contributed by atoms with E-state index in [2.05, 4.69) is 0 Å². The average Bonchev–Trinajstić information content (AvgIpc) is 3.18. The topological polar surface area (TPSA) is 188 Å². The van der Waals surface area contributed by atoms with Gasteiger partial charge in [-0.05, 0) is 12.1 Å². The Hall–Kier alpha value is -3.62. The fourth-order valence-electron chi connectivity index (χ4n) is 3.93. The lowest BCUT2D eigenvalue weighted by molar-refractivity contribution is -0.384. The number of rotatable bonds is 37. The average molecular weight is 756 g/mol. The van der Waals surface area contributed by atoms with Crippen molar-refractivity contribution in [1.82, 2.24) is 0 Å². The van der Waals surface area contributed by atoms with Gasteiger partial charge in [0.25, 0.3) is 11.5 Å². The van der Waals surface area contributed by atoms with E-state index in [1.54, 1.807) is 42.5 Å². The summed E-state index contributed by atoms with van der Waals surface area (Å²) in [7, 11) is 0. The van der Waals surface area contributed by atoms with Crippen LogP contribution in [0.5, 0.6) is 5.75 Å². The molecule has 0 heterocycles. The second-order valence-corrected chi connectivity index (χ2v) is 10.6. The van der Waals surface area contributed by atoms with Gasteiger partial charge in [0.1, 0.15) is 19.0 Å². The Morgan fingerprint density at radius 1 is 0.434 bits per heavy atom. The molecule has 17 heteroatoms. The van der Waals surface area contributed by atoms with Crippen molar-refractivity contribution >= 4 is 17.4 Å². The lowest BCUT2D eigenvalue weighted by atomic mass is 10.1. The summed E-state index contributed by atoms with van der Waals surface area (Å²) in [6.07, 6.45) is 0. The molecule has 0 saturated heterocycles. The summed E-state index contributed by atoms with van der Waals surface area (Å²) in [6.45, 7) is 8.76. The van der Waals surface area contributed by atoms with Crippen LogP contribution >= 0.6 is 0 Å². The highest BCUT2D eigenvalue weighted by Crippen LogP contribution is 2.17. The summed E-state index contributed by atoms with van der Waals surface area (Å²) < 4.78 is 64.7. The standard InChI is InChI=1S/C36H53NO16/c38-35(32-4-2-1-3-5-32)36(39)53-31-29-51-27-25-49-23-21-47-19-17-45-15-13-43-11-10-42-12-14-44-16-18-46-20-22-48-24-26-50-28-30-52-34-8-6-33(7-9-34)37(40)41/h1-9H,10-31H2. The molecule has 17 nitrogen and oxygen atoms in total. The minimum atomic E-state index is -0.904. The Balaban J connectivity index is 1.17. The predicted octanol–water partition coefficient (Wildman–Crippen LogP) is 2.57. The molecule has 0 amide bonds. The molecule has 0 unspecified atom stereocenters. The quantitative estimate of drug-likeness (QED) is 0.0244. The van der Waals surface area contributed by atoms with Crippen LogP contribution in [0.2, 0.25) is 0 Å². The Morgan fingerprint density at radius 2 is 0.755 bits per heavy atom. The maximum absolute atomic E-state index is 11.9. The molecule has 0 aliphatic heterocycles. The van der Waals surface area contributed by atoms with E-state index < -0.39 is 16.7 Å². The van der Waals surface area contributed by atoms with Crippen LogP contribution in [0, 0.1) is 10.1 Å². The monoisotopic (exact) mass is 755 g/mol. The zero-order chi connectivity index (χ0) is 37.9. The third-order valence-electron chi connectivity index (χ3n) is 6.57. The molecule has 0 aliphatic rings. The van der Waals surface area contributed by atoms with Crippen LogP contribution in [-0.2, 0) is 56.9 Å². The van der Waals surface area contributed by atoms with Crippen molar-refractivity contribution in [3.8, 4) is 5.75 Å². The molecule has 0 atom stereocenters. The van der Waals surface area contributed by atoms with E-state index in [1.165, 1.54) is 12.1 Å². The van der Waals surface area contributed by atoms with Crippen LogP contribution in [0.4, 0.5) is 5.69 Å². The van der Waals surface area contributed by atoms with Gasteiger partial charge in [-0.3, -0.25) is 14.9 Å². The first-order valence-electron chi connectivity index (χ1n) is 17.5. The number of benzene rings is 2. The number of non-ortho nitro benzene ring substituents is 1. The number of hydrogen-bond acceptors (Lipinski definition) is 16. The van der Waals surface area contributed by atoms with E-state index in [9.17, 15) is 19.7 Å². The van der Waals surface area contributed by atoms with Crippen LogP contribution in [0.1, 0.15) is 10.4 Å². The van der Waals surface area contributed by atoms with Gasteiger partial charge in [0.05, 0.1) is 137 Å². The number of carbonyl (C=O) groups excluding carboxylic acids is 2. The largest absolute Gasteiger partial charge is 0.491 e. The Bertz CT molecular complexity index is 1190. The molecule has 0 N–H and O–H groups in total. The fourth-order valence-corrected chi connectivity index (χ4v) is 3.93. The van der Waals surface area contributed by atoms with E-state index in [-0.39, 0.29) is 24.5 Å². The van der Waals surface area contributed by atoms with Crippen molar-refractivity contribution in [2.45, 2.75) is 0 Å². The molecule has 0 aromatic heterocycles. The zero-order valence-electron chi connectivity index (χ0n) is 30.2. The van der Waals surface area contributed by atoms with E-state index in [0.29, 0.717) is 138 Å². The highest BCUT2D eigenvalue weighted by Gasteiger charge is 2.17. The second-order valence-electron chi connectivity index (χ2n) is 10.6. The second kappa shape index (κ2) is 33.0. The normalized spacial score (nSPS) is 11.1. The lowest BCUT2D eigenvalue weighted by Gasteiger charge is -2.09. The number of carbonyl (C=O) groups is 2. The van der Waals surface area contributed by atoms with Crippen molar-refractivity contribution in [1.29, 1.82) is 0 Å². The minimum Gasteiger partial charge on any atom is -0.491 e. The number of nitro groups is 1. The summed E-state index contributed by atoms with van der Waals surface area (Å²) in [5, 5.41) is 10.6. The van der Waals surface area contributed by atoms with E-state index in [4.69, 9.17) is 56.8 Å². The summed E-state index contributed by atoms with van der Waals surface area (Å²) in [6, 6.07) is 14.1. The number of nitro benzene ring substituents is 1. The maximum atomic E-state index is 11.9. The summed E-state index contributed by atoms with van der Waals surface area (Å²) in [5.74, 6) is -1.04. The van der Waals surface area contributed by atoms with Crippen LogP contribution in [0.15, 0.2) is 54.6 Å². The third-order valence-corrected chi connectivity index (χ3v) is 6.57. The maximum Gasteiger partial charge on any atom is 0.379 e. The molecule has 2 aromatic rings. The first-order valence-corrected chi connectivity index (χ1v) is 17.5. The van der Waals surface area contributed by atoms with Crippen LogP contribution in [0.25, 0.3) is 0 Å². The van der Waals surface area contributed by atoms with Gasteiger partial charge in [0, 0.05) is 17.7 Å². The highest BCUT2D eigenvalue weighted by atomic mass is 16.6. The van der Waals surface area contributed by atoms with Gasteiger partial charge in [0.2, 0.25) is 0 Å². The van der Waals surface area contributed by atoms with Crippen LogP contribution in [-0.4, -0.2) is 162 Å². The smallest absolute Gasteiger partial charge is 0.379 e. The van der Waals surface area contributed by atoms with Crippen molar-refractivity contribution < 1.29 is 71.4 Å². The van der Waals surface area contributed by atoms with Gasteiger partial charge in [-0.1, -0.05) is 30.3 Å². The number of esters is 1. The zero-order valence-corrected chi connectivity index (χ0v) is 30.2. The van der Waals surface area contributed by atoms with Crippen molar-refractivity contribution in [3.63, 3.8) is 0 Å². The van der Waals surface area contributed by atoms with Gasteiger partial charge < -0.3 is 56.8 Å². The number of nitrogens with zero attached hydrogens (tertiary/aromatic N) is 1. The van der Waals surface area contributed by atoms with Gasteiger partial charge in [0.15, 0.2) is 0 Å². The summed E-state index contributed by atoms with van der Waals surface area (Å²) in [5.41, 5.74) is 0.308. The van der Waals surface area contributed by atoms with Crippen molar-refractivity contribution in [2.24, 2.45) is 0 Å². The van der Waals surface area contributed by atoms with Gasteiger partial charge in [-0.2, -0.15) is 0 Å².